The Morgan fingerprint density at radius 3 is 2.40 bits per heavy atom. The molecule has 0 aromatic rings. The summed E-state index contributed by atoms with van der Waals surface area (Å²) in [4.78, 5) is 9.37. The second-order valence-electron chi connectivity index (χ2n) is 1.32. The van der Waals surface area contributed by atoms with Crippen LogP contribution in [0.15, 0.2) is 16.6 Å². The van der Waals surface area contributed by atoms with Gasteiger partial charge in [0.15, 0.2) is 0 Å². The van der Waals surface area contributed by atoms with Crippen LogP contribution in [-0.4, -0.2) is 6.21 Å². The maximum atomic E-state index is 6.53. The van der Waals surface area contributed by atoms with E-state index in [1.165, 1.54) is 6.21 Å². The van der Waals surface area contributed by atoms with Gasteiger partial charge in [-0.25, -0.2) is 0 Å². The Morgan fingerprint density at radius 1 is 1.50 bits per heavy atom. The fourth-order valence-electron chi connectivity index (χ4n) is 0.325. The predicted octanol–water partition coefficient (Wildman–Crippen LogP) is 1.00. The van der Waals surface area contributed by atoms with Crippen molar-refractivity contribution >= 4 is 6.21 Å². The molecule has 0 spiro atoms. The van der Waals surface area contributed by atoms with Gasteiger partial charge in [0.25, 0.3) is 5.82 Å². The molecule has 0 bridgehead atoms. The van der Waals surface area contributed by atoms with E-state index in [1.54, 1.807) is 6.92 Å². The van der Waals surface area contributed by atoms with Crippen molar-refractivity contribution in [3.05, 3.63) is 34.5 Å². The molecule has 0 aromatic carbocycles. The number of rotatable bonds is 1. The molecule has 0 radical (unpaired) electrons. The topological polar surface area (TPSA) is 47.1 Å². The molecule has 0 aliphatic carbocycles. The molecular weight excluding hydrogens is 128 g/mol. The average Bonchev–Trinajstić information content (AvgIpc) is 1.99. The molecule has 4 heteroatoms. The van der Waals surface area contributed by atoms with E-state index in [1.807, 2.05) is 0 Å². The van der Waals surface area contributed by atoms with Crippen molar-refractivity contribution in [1.29, 1.82) is 0 Å². The van der Waals surface area contributed by atoms with E-state index in [0.29, 0.717) is 0 Å². The van der Waals surface area contributed by atoms with E-state index in [9.17, 15) is 0 Å². The van der Waals surface area contributed by atoms with Gasteiger partial charge in [0.1, 0.15) is 0 Å². The van der Waals surface area contributed by atoms with Gasteiger partial charge < -0.3 is 15.4 Å². The van der Waals surface area contributed by atoms with Crippen molar-refractivity contribution < 1.29 is 0 Å². The van der Waals surface area contributed by atoms with Gasteiger partial charge in [0.2, 0.25) is 5.82 Å². The maximum absolute atomic E-state index is 6.53. The molecule has 0 fully saturated rings. The van der Waals surface area contributed by atoms with Gasteiger partial charge in [-0.05, 0) is 6.92 Å². The lowest BCUT2D eigenvalue weighted by Crippen LogP contribution is -1.93. The first-order chi connectivity index (χ1) is 4.76. The van der Waals surface area contributed by atoms with E-state index >= 15 is 0 Å². The Kier molecular flexibility index (Phi) is 3.36. The minimum Gasteiger partial charge on any atom is -0.374 e. The summed E-state index contributed by atoms with van der Waals surface area (Å²) in [5.74, 6) is -0.203. The van der Waals surface area contributed by atoms with E-state index in [2.05, 4.69) is 14.7 Å². The normalized spacial score (nSPS) is 11.9. The Morgan fingerprint density at radius 2 is 2.10 bits per heavy atom. The van der Waals surface area contributed by atoms with Crippen LogP contribution in [-0.2, 0) is 0 Å². The first-order valence-electron chi connectivity index (χ1n) is 2.49. The van der Waals surface area contributed by atoms with Crippen LogP contribution >= 0.6 is 0 Å². The number of nitrogens with zero attached hydrogens (tertiary/aromatic N) is 3. The highest BCUT2D eigenvalue weighted by molar-refractivity contribution is 5.56. The molecule has 0 rings (SSSR count). The molecule has 0 aliphatic heterocycles. The highest BCUT2D eigenvalue weighted by Crippen LogP contribution is 2.02. The molecule has 10 heavy (non-hydrogen) atoms. The van der Waals surface area contributed by atoms with Gasteiger partial charge in [-0.3, -0.25) is 0 Å². The lowest BCUT2D eigenvalue weighted by molar-refractivity contribution is 1.27. The Bertz CT molecular complexity index is 248. The summed E-state index contributed by atoms with van der Waals surface area (Å²) >= 11 is 0. The van der Waals surface area contributed by atoms with Crippen LogP contribution in [0, 0.1) is 13.1 Å². The maximum Gasteiger partial charge on any atom is 0.288 e. The second-order valence-corrected chi connectivity index (χ2v) is 1.32. The molecule has 0 aromatic heterocycles. The lowest BCUT2D eigenvalue weighted by Gasteiger charge is -1.88. The van der Waals surface area contributed by atoms with Crippen LogP contribution in [0.3, 0.4) is 0 Å². The predicted molar refractivity (Wildman–Crippen MR) is 38.6 cm³/mol. The third-order valence-electron chi connectivity index (χ3n) is 0.707. The largest absolute Gasteiger partial charge is 0.374 e. The molecule has 0 saturated carbocycles. The minimum absolute atomic E-state index is 0.0440. The first-order valence-corrected chi connectivity index (χ1v) is 2.49. The zero-order valence-electron chi connectivity index (χ0n) is 5.50. The van der Waals surface area contributed by atoms with Crippen LogP contribution in [0.5, 0.6) is 0 Å². The van der Waals surface area contributed by atoms with Crippen molar-refractivity contribution in [2.75, 3.05) is 0 Å². The van der Waals surface area contributed by atoms with Crippen molar-refractivity contribution in [3.63, 3.8) is 0 Å². The zero-order chi connectivity index (χ0) is 7.98. The Balaban J connectivity index is 4.72. The van der Waals surface area contributed by atoms with Crippen LogP contribution in [0.4, 0.5) is 0 Å². The van der Waals surface area contributed by atoms with Crippen LogP contribution in [0.2, 0.25) is 0 Å². The van der Waals surface area contributed by atoms with Crippen molar-refractivity contribution in [1.82, 2.24) is 0 Å². The average molecular weight is 134 g/mol. The summed E-state index contributed by atoms with van der Waals surface area (Å²) in [5, 5.41) is 0. The number of hydrogen-bond acceptors (Lipinski definition) is 2. The van der Waals surface area contributed by atoms with E-state index in [0.717, 1.165) is 0 Å². The molecule has 0 heterocycles. The minimum atomic E-state index is -0.159. The van der Waals surface area contributed by atoms with Crippen LogP contribution in [0.1, 0.15) is 6.92 Å². The van der Waals surface area contributed by atoms with E-state index in [-0.39, 0.29) is 11.6 Å². The van der Waals surface area contributed by atoms with Gasteiger partial charge >= 0.3 is 0 Å². The summed E-state index contributed by atoms with van der Waals surface area (Å²) in [7, 11) is 0. The van der Waals surface area contributed by atoms with Crippen LogP contribution in [0.25, 0.3) is 9.69 Å². The molecule has 0 atom stereocenters. The Hall–Kier alpha value is -1.81. The summed E-state index contributed by atoms with van der Waals surface area (Å²) in [5.41, 5.74) is 5.11. The molecule has 4 nitrogen and oxygen atoms in total. The standard InChI is InChI=1S/C6H6N4/c1-4-10-6(9-3)5(7)8-2/h4H,7H2,1H3/b6-5+,10-4-. The summed E-state index contributed by atoms with van der Waals surface area (Å²) in [6.45, 7) is 14.6. The highest BCUT2D eigenvalue weighted by Gasteiger charge is 1.95. The van der Waals surface area contributed by atoms with Gasteiger partial charge in [0.05, 0.1) is 6.21 Å². The fraction of sp³-hybridized carbons (Fsp3) is 0.167. The number of hydrogen-bond donors (Lipinski definition) is 1. The molecule has 0 amide bonds. The quantitative estimate of drug-likeness (QED) is 0.422. The fourth-order valence-corrected chi connectivity index (χ4v) is 0.325. The highest BCUT2D eigenvalue weighted by atomic mass is 15.0. The van der Waals surface area contributed by atoms with Gasteiger partial charge in [-0.1, -0.05) is 13.1 Å². The third kappa shape index (κ3) is 1.97. The van der Waals surface area contributed by atoms with Crippen molar-refractivity contribution in [3.8, 4) is 0 Å². The zero-order valence-corrected chi connectivity index (χ0v) is 5.50. The van der Waals surface area contributed by atoms with Crippen molar-refractivity contribution in [2.45, 2.75) is 6.92 Å². The molecular formula is C6H6N4. The molecule has 2 N–H and O–H groups in total. The number of nitrogens with two attached hydrogens (primary N) is 1. The molecule has 0 unspecified atom stereocenters. The number of aliphatic imine (C=N–C) groups is 1. The van der Waals surface area contributed by atoms with Crippen LogP contribution < -0.4 is 5.73 Å². The van der Waals surface area contributed by atoms with E-state index in [4.69, 9.17) is 18.9 Å². The van der Waals surface area contributed by atoms with Crippen molar-refractivity contribution in [2.24, 2.45) is 10.7 Å². The first kappa shape index (κ1) is 8.19. The molecule has 0 aliphatic rings. The summed E-state index contributed by atoms with van der Waals surface area (Å²) in [6, 6.07) is 0. The SMILES string of the molecule is [C-]#[N+]/C(N)=C(/N=C\C)[N+]#[C-]. The van der Waals surface area contributed by atoms with Gasteiger partial charge in [-0.15, -0.1) is 4.99 Å². The van der Waals surface area contributed by atoms with Gasteiger partial charge in [-0.2, -0.15) is 0 Å². The Labute approximate surface area is 59.3 Å². The van der Waals surface area contributed by atoms with Gasteiger partial charge in [0, 0.05) is 0 Å². The molecule has 50 valence electrons. The smallest absolute Gasteiger partial charge is 0.288 e. The van der Waals surface area contributed by atoms with E-state index < -0.39 is 0 Å². The summed E-state index contributed by atoms with van der Waals surface area (Å²) < 4.78 is 0. The lowest BCUT2D eigenvalue weighted by atomic mass is 10.6. The monoisotopic (exact) mass is 134 g/mol. The third-order valence-corrected chi connectivity index (χ3v) is 0.707. The summed E-state index contributed by atoms with van der Waals surface area (Å²) in [6.07, 6.45) is 1.42. The molecule has 0 saturated heterocycles. The second kappa shape index (κ2) is 4.11.